The first-order chi connectivity index (χ1) is 30.3. The van der Waals surface area contributed by atoms with Gasteiger partial charge in [-0.2, -0.15) is 0 Å². The maximum atomic E-state index is 12.8. The molecule has 14 heteroatoms. The molecular weight excluding hydrogens is 826 g/mol. The van der Waals surface area contributed by atoms with Gasteiger partial charge in [0.2, 0.25) is 0 Å². The first kappa shape index (κ1) is 56.2. The molecule has 2 rings (SSSR count). The molecule has 0 fully saturated rings. The van der Waals surface area contributed by atoms with Gasteiger partial charge in [0.05, 0.1) is 13.2 Å². The molecule has 0 aliphatic heterocycles. The minimum atomic E-state index is -4.74. The predicted molar refractivity (Wildman–Crippen MR) is 247 cm³/mol. The Balaban J connectivity index is 1.63. The third-order valence-corrected chi connectivity index (χ3v) is 12.7. The molecule has 0 amide bonds. The van der Waals surface area contributed by atoms with Crippen molar-refractivity contribution in [2.75, 3.05) is 19.8 Å². The van der Waals surface area contributed by atoms with Crippen LogP contribution in [-0.2, 0) is 63.2 Å². The largest absolute Gasteiger partial charge is 0.480 e. The van der Waals surface area contributed by atoms with Crippen LogP contribution in [0.4, 0.5) is 0 Å². The van der Waals surface area contributed by atoms with Crippen molar-refractivity contribution in [2.45, 2.75) is 227 Å². The number of carbonyl (C=O) groups is 3. The third-order valence-electron chi connectivity index (χ3n) is 11.7. The van der Waals surface area contributed by atoms with Crippen LogP contribution in [-0.4, -0.2) is 59.9 Å². The monoisotopic (exact) mass is 910 g/mol. The van der Waals surface area contributed by atoms with Gasteiger partial charge < -0.3 is 34.0 Å². The number of phosphoric acid groups is 1. The topological polar surface area (TPSA) is 198 Å². The van der Waals surface area contributed by atoms with Gasteiger partial charge >= 0.3 is 25.7 Å². The van der Waals surface area contributed by atoms with Gasteiger partial charge in [-0.1, -0.05) is 117 Å². The van der Waals surface area contributed by atoms with Gasteiger partial charge in [0.25, 0.3) is 0 Å². The van der Waals surface area contributed by atoms with Gasteiger partial charge in [0.1, 0.15) is 35.7 Å². The van der Waals surface area contributed by atoms with Crippen LogP contribution in [0.3, 0.4) is 0 Å². The van der Waals surface area contributed by atoms with E-state index < -0.39 is 51.1 Å². The lowest BCUT2D eigenvalue weighted by atomic mass is 10.0. The Morgan fingerprint density at radius 1 is 0.603 bits per heavy atom. The average molecular weight is 910 g/mol. The van der Waals surface area contributed by atoms with Crippen molar-refractivity contribution in [1.29, 1.82) is 0 Å². The molecule has 0 bridgehead atoms. The molecule has 0 radical (unpaired) electrons. The van der Waals surface area contributed by atoms with Crippen LogP contribution in [0.25, 0.3) is 0 Å². The van der Waals surface area contributed by atoms with Crippen molar-refractivity contribution in [3.05, 3.63) is 45.8 Å². The molecule has 0 spiro atoms. The third kappa shape index (κ3) is 25.9. The number of carboxylic acids is 1. The van der Waals surface area contributed by atoms with E-state index >= 15 is 0 Å². The second-order valence-corrected chi connectivity index (χ2v) is 18.8. The van der Waals surface area contributed by atoms with Gasteiger partial charge in [0.15, 0.2) is 6.10 Å². The first-order valence-corrected chi connectivity index (χ1v) is 25.9. The number of hydrogen-bond acceptors (Lipinski definition) is 11. The number of esters is 2. The minimum Gasteiger partial charge on any atom is -0.480 e. The predicted octanol–water partition coefficient (Wildman–Crippen LogP) is 12.1. The fourth-order valence-corrected chi connectivity index (χ4v) is 8.33. The molecule has 0 saturated heterocycles. The zero-order valence-electron chi connectivity index (χ0n) is 39.7. The van der Waals surface area contributed by atoms with E-state index in [1.54, 1.807) is 0 Å². The molecule has 4 N–H and O–H groups in total. The molecule has 3 unspecified atom stereocenters. The van der Waals surface area contributed by atoms with Gasteiger partial charge in [-0.3, -0.25) is 23.4 Å². The Morgan fingerprint density at radius 2 is 1.05 bits per heavy atom. The molecule has 0 saturated carbocycles. The zero-order valence-corrected chi connectivity index (χ0v) is 40.5. The van der Waals surface area contributed by atoms with Crippen molar-refractivity contribution in [3.8, 4) is 0 Å². The number of furan rings is 2. The van der Waals surface area contributed by atoms with E-state index in [-0.39, 0.29) is 19.4 Å². The number of unbranched alkanes of at least 4 members (excludes halogenated alkanes) is 18. The lowest BCUT2D eigenvalue weighted by Crippen LogP contribution is -2.34. The van der Waals surface area contributed by atoms with Crippen LogP contribution < -0.4 is 5.73 Å². The van der Waals surface area contributed by atoms with Crippen LogP contribution in [0.5, 0.6) is 0 Å². The number of ether oxygens (including phenoxy) is 2. The summed E-state index contributed by atoms with van der Waals surface area (Å²) in [6.07, 6.45) is 26.8. The molecule has 2 aromatic heterocycles. The summed E-state index contributed by atoms with van der Waals surface area (Å²) in [5.41, 5.74) is 9.20. The van der Waals surface area contributed by atoms with E-state index in [0.29, 0.717) is 12.8 Å². The first-order valence-electron chi connectivity index (χ1n) is 24.4. The molecule has 0 aliphatic rings. The highest BCUT2D eigenvalue weighted by Crippen LogP contribution is 2.43. The number of hydrogen-bond donors (Lipinski definition) is 3. The number of phosphoric ester groups is 1. The maximum Gasteiger partial charge on any atom is 0.472 e. The highest BCUT2D eigenvalue weighted by molar-refractivity contribution is 7.47. The van der Waals surface area contributed by atoms with Crippen LogP contribution in [0.15, 0.2) is 14.9 Å². The van der Waals surface area contributed by atoms with E-state index in [1.807, 2.05) is 0 Å². The summed E-state index contributed by atoms with van der Waals surface area (Å²) in [5.74, 6) is 2.08. The Bertz CT molecular complexity index is 1600. The standard InChI is InChI=1S/C49H84NO12P/c1-6-8-22-28-41-34-38(3)44(60-41)29-24-18-14-12-10-11-13-15-20-26-32-47(51)57-35-42(36-58-63(55,56)59-37-43(50)49(53)54)61-48(52)33-27-21-17-16-19-25-31-46-40(5)39(4)45(62-46)30-23-9-7-2/h34,42-43H,6-33,35-37,50H2,1-5H3,(H,53,54)(H,55,56). The van der Waals surface area contributed by atoms with Gasteiger partial charge in [-0.25, -0.2) is 4.57 Å². The zero-order chi connectivity index (χ0) is 46.3. The smallest absolute Gasteiger partial charge is 0.472 e. The quantitative estimate of drug-likeness (QED) is 0.0324. The number of nitrogens with two attached hydrogens (primary N) is 1. The van der Waals surface area contributed by atoms with E-state index in [9.17, 15) is 23.8 Å². The number of aryl methyl sites for hydroxylation is 5. The van der Waals surface area contributed by atoms with Gasteiger partial charge in [0, 0.05) is 38.5 Å². The number of aliphatic carboxylic acids is 1. The van der Waals surface area contributed by atoms with Crippen LogP contribution in [0.2, 0.25) is 0 Å². The summed E-state index contributed by atoms with van der Waals surface area (Å²) in [6.45, 7) is 9.14. The summed E-state index contributed by atoms with van der Waals surface area (Å²) >= 11 is 0. The Hall–Kier alpha value is -2.96. The van der Waals surface area contributed by atoms with Gasteiger partial charge in [-0.05, 0) is 82.1 Å². The minimum absolute atomic E-state index is 0.127. The van der Waals surface area contributed by atoms with Crippen molar-refractivity contribution in [1.82, 2.24) is 0 Å². The van der Waals surface area contributed by atoms with Crippen molar-refractivity contribution >= 4 is 25.7 Å². The summed E-state index contributed by atoms with van der Waals surface area (Å²) in [7, 11) is -4.74. The fourth-order valence-electron chi connectivity index (χ4n) is 7.55. The number of carbonyl (C=O) groups excluding carboxylic acids is 2. The molecule has 2 aromatic rings. The Kier molecular flexibility index (Phi) is 29.9. The van der Waals surface area contributed by atoms with Crippen LogP contribution >= 0.6 is 7.82 Å². The van der Waals surface area contributed by atoms with Crippen molar-refractivity contribution in [3.63, 3.8) is 0 Å². The summed E-state index contributed by atoms with van der Waals surface area (Å²) in [5, 5.41) is 8.93. The maximum absolute atomic E-state index is 12.8. The van der Waals surface area contributed by atoms with Gasteiger partial charge in [-0.15, -0.1) is 0 Å². The highest BCUT2D eigenvalue weighted by atomic mass is 31.2. The molecule has 0 aliphatic carbocycles. The van der Waals surface area contributed by atoms with Crippen LogP contribution in [0, 0.1) is 20.8 Å². The Morgan fingerprint density at radius 3 is 1.57 bits per heavy atom. The normalized spacial score (nSPS) is 13.5. The van der Waals surface area contributed by atoms with Crippen LogP contribution in [0.1, 0.15) is 208 Å². The van der Waals surface area contributed by atoms with E-state index in [0.717, 1.165) is 113 Å². The summed E-state index contributed by atoms with van der Waals surface area (Å²) < 4.78 is 45.2. The molecule has 63 heavy (non-hydrogen) atoms. The lowest BCUT2D eigenvalue weighted by Gasteiger charge is -2.20. The molecule has 362 valence electrons. The van der Waals surface area contributed by atoms with Crippen molar-refractivity contribution < 1.29 is 56.3 Å². The SMILES string of the molecule is CCCCCc1cc(C)c(CCCCCCCCCCCCC(=O)OCC(COP(=O)(O)OCC(N)C(=O)O)OC(=O)CCCCCCCCc2oc(CCCCC)c(C)c2C)o1. The molecule has 3 atom stereocenters. The lowest BCUT2D eigenvalue weighted by molar-refractivity contribution is -0.161. The number of rotatable bonds is 40. The molecule has 2 heterocycles. The van der Waals surface area contributed by atoms with E-state index in [2.05, 4.69) is 45.2 Å². The fraction of sp³-hybridized carbons (Fsp3) is 0.776. The second-order valence-electron chi connectivity index (χ2n) is 17.4. The average Bonchev–Trinajstić information content (AvgIpc) is 3.74. The molecule has 13 nitrogen and oxygen atoms in total. The molecule has 0 aromatic carbocycles. The van der Waals surface area contributed by atoms with E-state index in [1.165, 1.54) is 80.9 Å². The molecular formula is C49H84NO12P. The summed E-state index contributed by atoms with van der Waals surface area (Å²) in [6, 6.07) is 0.678. The number of carboxylic acid groups (broad SMARTS) is 1. The van der Waals surface area contributed by atoms with Crippen molar-refractivity contribution in [2.24, 2.45) is 5.73 Å². The summed E-state index contributed by atoms with van der Waals surface area (Å²) in [4.78, 5) is 46.3. The second kappa shape index (κ2) is 33.5. The highest BCUT2D eigenvalue weighted by Gasteiger charge is 2.28. The Labute approximate surface area is 378 Å². The van der Waals surface area contributed by atoms with E-state index in [4.69, 9.17) is 33.7 Å².